The lowest BCUT2D eigenvalue weighted by Crippen LogP contribution is -2.08. The summed E-state index contributed by atoms with van der Waals surface area (Å²) >= 11 is 7.74. The lowest BCUT2D eigenvalue weighted by atomic mass is 10.2. The van der Waals surface area contributed by atoms with Crippen molar-refractivity contribution in [1.82, 2.24) is 0 Å². The van der Waals surface area contributed by atoms with Gasteiger partial charge in [0.2, 0.25) is 0 Å². The number of anilines is 1. The molecule has 0 aliphatic rings. The summed E-state index contributed by atoms with van der Waals surface area (Å²) < 4.78 is 5.12. The number of benzene rings is 1. The molecule has 0 unspecified atom stereocenters. The van der Waals surface area contributed by atoms with E-state index in [1.807, 2.05) is 11.8 Å². The Morgan fingerprint density at radius 2 is 2.29 bits per heavy atom. The van der Waals surface area contributed by atoms with Crippen molar-refractivity contribution in [2.24, 2.45) is 0 Å². The van der Waals surface area contributed by atoms with Crippen LogP contribution in [0.4, 0.5) is 5.69 Å². The van der Waals surface area contributed by atoms with Gasteiger partial charge >= 0.3 is 5.97 Å². The number of ether oxygens (including phenoxy) is 1. The molecule has 0 fully saturated rings. The Morgan fingerprint density at radius 1 is 1.53 bits per heavy atom. The summed E-state index contributed by atoms with van der Waals surface area (Å²) in [6.07, 6.45) is 0.851. The lowest BCUT2D eigenvalue weighted by Gasteiger charge is -2.07. The molecule has 17 heavy (non-hydrogen) atoms. The Morgan fingerprint density at radius 3 is 3.00 bits per heavy atom. The second kappa shape index (κ2) is 7.45. The van der Waals surface area contributed by atoms with E-state index in [1.54, 1.807) is 18.2 Å². The highest BCUT2D eigenvalue weighted by Gasteiger charge is 2.12. The van der Waals surface area contributed by atoms with Gasteiger partial charge in [-0.2, -0.15) is 11.8 Å². The molecular weight excluding hydrogens is 258 g/mol. The molecule has 2 N–H and O–H groups in total. The van der Waals surface area contributed by atoms with Crippen molar-refractivity contribution in [3.05, 3.63) is 28.8 Å². The molecule has 0 radical (unpaired) electrons. The SMILES string of the molecule is CCSCCCOC(=O)c1cccc(N)c1Cl. The van der Waals surface area contributed by atoms with E-state index < -0.39 is 5.97 Å². The van der Waals surface area contributed by atoms with E-state index in [2.05, 4.69) is 6.92 Å². The van der Waals surface area contributed by atoms with Crippen LogP contribution in [-0.4, -0.2) is 24.1 Å². The maximum absolute atomic E-state index is 11.7. The van der Waals surface area contributed by atoms with Gasteiger partial charge in [-0.1, -0.05) is 24.6 Å². The van der Waals surface area contributed by atoms with Gasteiger partial charge in [0.25, 0.3) is 0 Å². The second-order valence-electron chi connectivity index (χ2n) is 3.40. The normalized spacial score (nSPS) is 10.2. The van der Waals surface area contributed by atoms with Crippen LogP contribution < -0.4 is 5.73 Å². The first kappa shape index (κ1) is 14.2. The average Bonchev–Trinajstić information content (AvgIpc) is 2.32. The van der Waals surface area contributed by atoms with E-state index in [-0.39, 0.29) is 5.02 Å². The van der Waals surface area contributed by atoms with Crippen molar-refractivity contribution >= 4 is 35.0 Å². The number of carbonyl (C=O) groups excluding carboxylic acids is 1. The minimum Gasteiger partial charge on any atom is -0.462 e. The maximum atomic E-state index is 11.7. The van der Waals surface area contributed by atoms with E-state index in [1.165, 1.54) is 0 Å². The number of carbonyl (C=O) groups is 1. The molecule has 1 rings (SSSR count). The van der Waals surface area contributed by atoms with Crippen LogP contribution in [0.15, 0.2) is 18.2 Å². The van der Waals surface area contributed by atoms with Gasteiger partial charge in [0.1, 0.15) is 0 Å². The van der Waals surface area contributed by atoms with Gasteiger partial charge in [-0.15, -0.1) is 0 Å². The van der Waals surface area contributed by atoms with Gasteiger partial charge in [-0.3, -0.25) is 0 Å². The highest BCUT2D eigenvalue weighted by Crippen LogP contribution is 2.23. The topological polar surface area (TPSA) is 52.3 Å². The third-order valence-corrected chi connectivity index (χ3v) is 3.53. The summed E-state index contributed by atoms with van der Waals surface area (Å²) in [4.78, 5) is 11.7. The second-order valence-corrected chi connectivity index (χ2v) is 5.17. The number of rotatable bonds is 6. The predicted octanol–water partition coefficient (Wildman–Crippen LogP) is 3.22. The fourth-order valence-electron chi connectivity index (χ4n) is 1.26. The van der Waals surface area contributed by atoms with Gasteiger partial charge < -0.3 is 10.5 Å². The van der Waals surface area contributed by atoms with Gasteiger partial charge in [0, 0.05) is 0 Å². The Kier molecular flexibility index (Phi) is 6.22. The zero-order chi connectivity index (χ0) is 12.7. The standard InChI is InChI=1S/C12H16ClNO2S/c1-2-17-8-4-7-16-12(15)9-5-3-6-10(14)11(9)13/h3,5-6H,2,4,7-8,14H2,1H3. The van der Waals surface area contributed by atoms with Crippen molar-refractivity contribution < 1.29 is 9.53 Å². The first-order valence-electron chi connectivity index (χ1n) is 5.45. The van der Waals surface area contributed by atoms with Crippen molar-refractivity contribution in [1.29, 1.82) is 0 Å². The molecule has 1 aromatic carbocycles. The van der Waals surface area contributed by atoms with Crippen LogP contribution in [0.25, 0.3) is 0 Å². The van der Waals surface area contributed by atoms with E-state index in [0.29, 0.717) is 17.9 Å². The molecule has 0 aliphatic carbocycles. The molecule has 5 heteroatoms. The Bertz CT molecular complexity index is 385. The minimum absolute atomic E-state index is 0.264. The summed E-state index contributed by atoms with van der Waals surface area (Å²) in [5.41, 5.74) is 6.33. The third kappa shape index (κ3) is 4.48. The number of nitrogen functional groups attached to an aromatic ring is 1. The highest BCUT2D eigenvalue weighted by atomic mass is 35.5. The minimum atomic E-state index is -0.413. The zero-order valence-corrected chi connectivity index (χ0v) is 11.3. The summed E-state index contributed by atoms with van der Waals surface area (Å²) in [6.45, 7) is 2.51. The molecule has 0 aliphatic heterocycles. The van der Waals surface area contributed by atoms with E-state index in [0.717, 1.165) is 17.9 Å². The van der Waals surface area contributed by atoms with Crippen LogP contribution in [0.2, 0.25) is 5.02 Å². The molecule has 1 aromatic rings. The summed E-state index contributed by atoms with van der Waals surface area (Å²) in [6, 6.07) is 4.95. The van der Waals surface area contributed by atoms with Crippen molar-refractivity contribution in [3.8, 4) is 0 Å². The molecule has 94 valence electrons. The molecule has 0 aromatic heterocycles. The monoisotopic (exact) mass is 273 g/mol. The zero-order valence-electron chi connectivity index (χ0n) is 9.74. The number of hydrogen-bond donors (Lipinski definition) is 1. The smallest absolute Gasteiger partial charge is 0.339 e. The van der Waals surface area contributed by atoms with Crippen molar-refractivity contribution in [2.75, 3.05) is 23.8 Å². The van der Waals surface area contributed by atoms with Crippen molar-refractivity contribution in [3.63, 3.8) is 0 Å². The van der Waals surface area contributed by atoms with Gasteiger partial charge in [-0.05, 0) is 30.1 Å². The first-order chi connectivity index (χ1) is 8.16. The van der Waals surface area contributed by atoms with E-state index in [4.69, 9.17) is 22.1 Å². The third-order valence-electron chi connectivity index (χ3n) is 2.12. The molecular formula is C12H16ClNO2S. The van der Waals surface area contributed by atoms with E-state index in [9.17, 15) is 4.79 Å². The first-order valence-corrected chi connectivity index (χ1v) is 6.99. The van der Waals surface area contributed by atoms with Gasteiger partial charge in [0.15, 0.2) is 0 Å². The van der Waals surface area contributed by atoms with E-state index >= 15 is 0 Å². The van der Waals surface area contributed by atoms with Crippen LogP contribution in [0.1, 0.15) is 23.7 Å². The average molecular weight is 274 g/mol. The molecule has 0 saturated carbocycles. The van der Waals surface area contributed by atoms with Crippen LogP contribution >= 0.6 is 23.4 Å². The van der Waals surface area contributed by atoms with Crippen LogP contribution in [0.5, 0.6) is 0 Å². The number of hydrogen-bond acceptors (Lipinski definition) is 4. The molecule has 0 spiro atoms. The lowest BCUT2D eigenvalue weighted by molar-refractivity contribution is 0.0506. The summed E-state index contributed by atoms with van der Waals surface area (Å²) in [5.74, 6) is 1.66. The van der Waals surface area contributed by atoms with Gasteiger partial charge in [-0.25, -0.2) is 4.79 Å². The number of esters is 1. The fourth-order valence-corrected chi connectivity index (χ4v) is 2.07. The molecule has 0 heterocycles. The van der Waals surface area contributed by atoms with Crippen molar-refractivity contribution in [2.45, 2.75) is 13.3 Å². The fraction of sp³-hybridized carbons (Fsp3) is 0.417. The summed E-state index contributed by atoms with van der Waals surface area (Å²) in [7, 11) is 0. The highest BCUT2D eigenvalue weighted by molar-refractivity contribution is 7.99. The molecule has 0 bridgehead atoms. The quantitative estimate of drug-likeness (QED) is 0.491. The predicted molar refractivity (Wildman–Crippen MR) is 73.8 cm³/mol. The maximum Gasteiger partial charge on any atom is 0.339 e. The Labute approximate surface area is 111 Å². The number of nitrogens with two attached hydrogens (primary N) is 1. The Hall–Kier alpha value is -0.870. The van der Waals surface area contributed by atoms with Gasteiger partial charge in [0.05, 0.1) is 22.9 Å². The molecule has 0 atom stereocenters. The largest absolute Gasteiger partial charge is 0.462 e. The molecule has 0 amide bonds. The van der Waals surface area contributed by atoms with Crippen LogP contribution in [-0.2, 0) is 4.74 Å². The van der Waals surface area contributed by atoms with Crippen LogP contribution in [0, 0.1) is 0 Å². The number of halogens is 1. The summed E-state index contributed by atoms with van der Waals surface area (Å²) in [5, 5.41) is 0.264. The molecule has 0 saturated heterocycles. The number of thioether (sulfide) groups is 1. The Balaban J connectivity index is 2.44. The van der Waals surface area contributed by atoms with Crippen LogP contribution in [0.3, 0.4) is 0 Å². The molecule has 3 nitrogen and oxygen atoms in total.